The van der Waals surface area contributed by atoms with Crippen molar-refractivity contribution in [2.75, 3.05) is 0 Å². The molecule has 0 aliphatic heterocycles. The van der Waals surface area contributed by atoms with Crippen molar-refractivity contribution in [3.63, 3.8) is 0 Å². The van der Waals surface area contributed by atoms with Gasteiger partial charge in [0.05, 0.1) is 12.4 Å². The average Bonchev–Trinajstić information content (AvgIpc) is 2.96. The predicted molar refractivity (Wildman–Crippen MR) is 62.7 cm³/mol. The number of hydrogen-bond donors (Lipinski definition) is 2. The van der Waals surface area contributed by atoms with Crippen molar-refractivity contribution in [1.29, 1.82) is 0 Å². The number of aromatic nitrogens is 4. The molecule has 3 rings (SSSR count). The van der Waals surface area contributed by atoms with E-state index in [1.807, 2.05) is 0 Å². The highest BCUT2D eigenvalue weighted by molar-refractivity contribution is 5.76. The van der Waals surface area contributed by atoms with Crippen LogP contribution >= 0.6 is 0 Å². The molecule has 100 valence electrons. The van der Waals surface area contributed by atoms with Crippen molar-refractivity contribution < 1.29 is 14.3 Å². The van der Waals surface area contributed by atoms with E-state index in [1.54, 1.807) is 12.1 Å². The summed E-state index contributed by atoms with van der Waals surface area (Å²) in [6, 6.07) is 3.50. The summed E-state index contributed by atoms with van der Waals surface area (Å²) in [4.78, 5) is 12.9. The molecule has 1 amide bonds. The van der Waals surface area contributed by atoms with Gasteiger partial charge in [-0.1, -0.05) is 0 Å². The van der Waals surface area contributed by atoms with E-state index >= 15 is 0 Å². The molecule has 0 aromatic carbocycles. The van der Waals surface area contributed by atoms with E-state index in [9.17, 15) is 4.79 Å². The van der Waals surface area contributed by atoms with Gasteiger partial charge in [-0.2, -0.15) is 4.80 Å². The zero-order valence-electron chi connectivity index (χ0n) is 10.1. The normalized spacial score (nSPS) is 21.9. The minimum Gasteiger partial charge on any atom is -0.461 e. The fraction of sp³-hybridized carbons (Fsp3) is 0.455. The van der Waals surface area contributed by atoms with Crippen LogP contribution in [0.2, 0.25) is 0 Å². The van der Waals surface area contributed by atoms with Crippen molar-refractivity contribution in [2.45, 2.75) is 31.5 Å². The van der Waals surface area contributed by atoms with Crippen LogP contribution in [0.5, 0.6) is 0 Å². The maximum Gasteiger partial charge on any atom is 0.243 e. The zero-order chi connectivity index (χ0) is 13.2. The second kappa shape index (κ2) is 4.81. The molecule has 8 heteroatoms. The van der Waals surface area contributed by atoms with Crippen LogP contribution in [0.3, 0.4) is 0 Å². The summed E-state index contributed by atoms with van der Waals surface area (Å²) in [6.45, 7) is 0.000301. The predicted octanol–water partition coefficient (Wildman–Crippen LogP) is -0.427. The molecule has 8 nitrogen and oxygen atoms in total. The lowest BCUT2D eigenvalue weighted by atomic mass is 9.89. The van der Waals surface area contributed by atoms with Gasteiger partial charge in [0, 0.05) is 6.04 Å². The van der Waals surface area contributed by atoms with Gasteiger partial charge in [0.2, 0.25) is 11.7 Å². The second-order valence-corrected chi connectivity index (χ2v) is 4.51. The number of hydrogen-bond acceptors (Lipinski definition) is 6. The van der Waals surface area contributed by atoms with Gasteiger partial charge in [0.25, 0.3) is 0 Å². The van der Waals surface area contributed by atoms with E-state index in [2.05, 4.69) is 20.7 Å². The van der Waals surface area contributed by atoms with Crippen LogP contribution in [0.1, 0.15) is 12.8 Å². The number of amides is 1. The fourth-order valence-corrected chi connectivity index (χ4v) is 1.92. The van der Waals surface area contributed by atoms with E-state index < -0.39 is 0 Å². The number of carbonyl (C=O) groups is 1. The van der Waals surface area contributed by atoms with Gasteiger partial charge in [-0.05, 0) is 30.2 Å². The SMILES string of the molecule is O=C(Cn1nnc(-c2ccco2)n1)NC1CC(O)C1. The summed E-state index contributed by atoms with van der Waals surface area (Å²) in [5.41, 5.74) is 0. The monoisotopic (exact) mass is 263 g/mol. The molecule has 2 aromatic heterocycles. The first-order chi connectivity index (χ1) is 9.20. The molecular weight excluding hydrogens is 250 g/mol. The Hall–Kier alpha value is -2.22. The molecule has 0 saturated heterocycles. The van der Waals surface area contributed by atoms with E-state index in [4.69, 9.17) is 9.52 Å². The van der Waals surface area contributed by atoms with Gasteiger partial charge in [-0.3, -0.25) is 4.79 Å². The summed E-state index contributed by atoms with van der Waals surface area (Å²) in [6.07, 6.45) is 2.44. The maximum atomic E-state index is 11.7. The molecule has 1 aliphatic carbocycles. The number of nitrogens with one attached hydrogen (secondary N) is 1. The molecule has 2 heterocycles. The van der Waals surface area contributed by atoms with Gasteiger partial charge < -0.3 is 14.8 Å². The molecule has 1 aliphatic rings. The van der Waals surface area contributed by atoms with Gasteiger partial charge in [-0.25, -0.2) is 0 Å². The molecule has 1 fully saturated rings. The van der Waals surface area contributed by atoms with Gasteiger partial charge in [0.15, 0.2) is 5.76 Å². The number of nitrogens with zero attached hydrogens (tertiary/aromatic N) is 4. The Labute approximate surface area is 108 Å². The third kappa shape index (κ3) is 2.63. The van der Waals surface area contributed by atoms with Crippen LogP contribution in [-0.4, -0.2) is 43.4 Å². The molecule has 1 saturated carbocycles. The number of aliphatic hydroxyl groups excluding tert-OH is 1. The fourth-order valence-electron chi connectivity index (χ4n) is 1.92. The van der Waals surface area contributed by atoms with E-state index in [0.29, 0.717) is 24.4 Å². The van der Waals surface area contributed by atoms with Crippen LogP contribution in [-0.2, 0) is 11.3 Å². The highest BCUT2D eigenvalue weighted by Crippen LogP contribution is 2.19. The van der Waals surface area contributed by atoms with E-state index in [0.717, 1.165) is 0 Å². The van der Waals surface area contributed by atoms with Crippen molar-refractivity contribution in [2.24, 2.45) is 0 Å². The molecular formula is C11H13N5O3. The molecule has 2 N–H and O–H groups in total. The second-order valence-electron chi connectivity index (χ2n) is 4.51. The zero-order valence-corrected chi connectivity index (χ0v) is 10.1. The summed E-state index contributed by atoms with van der Waals surface area (Å²) >= 11 is 0. The lowest BCUT2D eigenvalue weighted by molar-refractivity contribution is -0.124. The molecule has 19 heavy (non-hydrogen) atoms. The largest absolute Gasteiger partial charge is 0.461 e. The first kappa shape index (κ1) is 11.8. The highest BCUT2D eigenvalue weighted by atomic mass is 16.3. The third-order valence-electron chi connectivity index (χ3n) is 2.96. The number of aliphatic hydroxyl groups is 1. The Bertz CT molecular complexity index is 559. The topological polar surface area (TPSA) is 106 Å². The van der Waals surface area contributed by atoms with Crippen molar-refractivity contribution in [1.82, 2.24) is 25.5 Å². The van der Waals surface area contributed by atoms with Gasteiger partial charge >= 0.3 is 0 Å². The molecule has 2 aromatic rings. The number of furan rings is 1. The Kier molecular flexibility index (Phi) is 3.00. The minimum atomic E-state index is -0.291. The first-order valence-electron chi connectivity index (χ1n) is 6.00. The van der Waals surface area contributed by atoms with Crippen molar-refractivity contribution in [3.8, 4) is 11.6 Å². The minimum absolute atomic E-state index is 0.000301. The first-order valence-corrected chi connectivity index (χ1v) is 6.00. The quantitative estimate of drug-likeness (QED) is 0.775. The highest BCUT2D eigenvalue weighted by Gasteiger charge is 2.28. The Morgan fingerprint density at radius 3 is 3.11 bits per heavy atom. The average molecular weight is 263 g/mol. The summed E-state index contributed by atoms with van der Waals surface area (Å²) in [5, 5.41) is 23.6. The van der Waals surface area contributed by atoms with Crippen LogP contribution in [0.25, 0.3) is 11.6 Å². The molecule has 0 unspecified atom stereocenters. The van der Waals surface area contributed by atoms with E-state index in [-0.39, 0.29) is 24.6 Å². The van der Waals surface area contributed by atoms with Crippen molar-refractivity contribution >= 4 is 5.91 Å². The Balaban J connectivity index is 1.56. The van der Waals surface area contributed by atoms with Crippen molar-refractivity contribution in [3.05, 3.63) is 18.4 Å². The molecule has 0 radical (unpaired) electrons. The van der Waals surface area contributed by atoms with Crippen LogP contribution < -0.4 is 5.32 Å². The smallest absolute Gasteiger partial charge is 0.243 e. The lowest BCUT2D eigenvalue weighted by Crippen LogP contribution is -2.47. The Morgan fingerprint density at radius 1 is 1.58 bits per heavy atom. The Morgan fingerprint density at radius 2 is 2.42 bits per heavy atom. The molecule has 0 atom stereocenters. The summed E-state index contributed by atoms with van der Waals surface area (Å²) in [5.74, 6) is 0.658. The maximum absolute atomic E-state index is 11.7. The summed E-state index contributed by atoms with van der Waals surface area (Å²) < 4.78 is 5.13. The lowest BCUT2D eigenvalue weighted by Gasteiger charge is -2.31. The molecule has 0 bridgehead atoms. The summed E-state index contributed by atoms with van der Waals surface area (Å²) in [7, 11) is 0. The van der Waals surface area contributed by atoms with Crippen LogP contribution in [0.4, 0.5) is 0 Å². The standard InChI is InChI=1S/C11H13N5O3/c17-8-4-7(5-8)12-10(18)6-16-14-11(13-15-16)9-2-1-3-19-9/h1-3,7-8,17H,4-6H2,(H,12,18). The number of rotatable bonds is 4. The van der Waals surface area contributed by atoms with Gasteiger partial charge in [-0.15, -0.1) is 10.2 Å². The number of tetrazole rings is 1. The molecule has 0 spiro atoms. The third-order valence-corrected chi connectivity index (χ3v) is 2.96. The van der Waals surface area contributed by atoms with Crippen LogP contribution in [0.15, 0.2) is 22.8 Å². The van der Waals surface area contributed by atoms with E-state index in [1.165, 1.54) is 11.1 Å². The van der Waals surface area contributed by atoms with Gasteiger partial charge in [0.1, 0.15) is 6.54 Å². The number of carbonyl (C=O) groups excluding carboxylic acids is 1. The van der Waals surface area contributed by atoms with Crippen LogP contribution in [0, 0.1) is 0 Å².